The molecule has 0 spiro atoms. The van der Waals surface area contributed by atoms with E-state index in [1.807, 2.05) is 60.0 Å². The number of thiazole rings is 1. The molecule has 1 aromatic heterocycles. The summed E-state index contributed by atoms with van der Waals surface area (Å²) < 4.78 is 14.0. The number of aromatic nitrogens is 1. The van der Waals surface area contributed by atoms with E-state index in [1.165, 1.54) is 11.3 Å². The first-order valence-electron chi connectivity index (χ1n) is 6.78. The fourth-order valence-corrected chi connectivity index (χ4v) is 4.76. The van der Waals surface area contributed by atoms with Crippen LogP contribution in [-0.2, 0) is 16.6 Å². The maximum Gasteiger partial charge on any atom is 0.0850 e. The minimum Gasteiger partial charge on any atom is -0.258 e. The SMILES string of the molecule is O=[S@](Cc1cscn1)[C@H](c1ccccc1)c1ccc(Br)cc1. The van der Waals surface area contributed by atoms with Crippen LogP contribution in [0.25, 0.3) is 0 Å². The Labute approximate surface area is 144 Å². The van der Waals surface area contributed by atoms with Crippen LogP contribution in [0.1, 0.15) is 22.1 Å². The topological polar surface area (TPSA) is 30.0 Å². The number of benzene rings is 2. The van der Waals surface area contributed by atoms with Crippen LogP contribution in [-0.4, -0.2) is 9.19 Å². The van der Waals surface area contributed by atoms with Crippen LogP contribution in [0.3, 0.4) is 0 Å². The van der Waals surface area contributed by atoms with E-state index >= 15 is 0 Å². The van der Waals surface area contributed by atoms with Gasteiger partial charge in [-0.05, 0) is 23.3 Å². The molecule has 0 saturated carbocycles. The van der Waals surface area contributed by atoms with Crippen LogP contribution in [0, 0.1) is 0 Å². The molecule has 2 aromatic carbocycles. The predicted molar refractivity (Wildman–Crippen MR) is 96.4 cm³/mol. The zero-order chi connectivity index (χ0) is 15.4. The second kappa shape index (κ2) is 7.31. The first kappa shape index (κ1) is 15.6. The van der Waals surface area contributed by atoms with Crippen molar-refractivity contribution in [2.24, 2.45) is 0 Å². The number of halogens is 1. The molecule has 5 heteroatoms. The summed E-state index contributed by atoms with van der Waals surface area (Å²) in [6, 6.07) is 18.1. The van der Waals surface area contributed by atoms with Crippen LogP contribution in [0.5, 0.6) is 0 Å². The van der Waals surface area contributed by atoms with E-state index in [-0.39, 0.29) is 5.25 Å². The van der Waals surface area contributed by atoms with Crippen molar-refractivity contribution in [1.82, 2.24) is 4.98 Å². The lowest BCUT2D eigenvalue weighted by molar-refractivity contribution is 0.677. The fourth-order valence-electron chi connectivity index (χ4n) is 2.30. The summed E-state index contributed by atoms with van der Waals surface area (Å²) in [4.78, 5) is 4.26. The first-order chi connectivity index (χ1) is 10.7. The summed E-state index contributed by atoms with van der Waals surface area (Å²) in [6.07, 6.45) is 0. The molecular weight excluding hydrogens is 378 g/mol. The van der Waals surface area contributed by atoms with Crippen LogP contribution < -0.4 is 0 Å². The quantitative estimate of drug-likeness (QED) is 0.615. The third kappa shape index (κ3) is 3.72. The molecule has 0 aliphatic carbocycles. The van der Waals surface area contributed by atoms with Gasteiger partial charge in [0.15, 0.2) is 0 Å². The van der Waals surface area contributed by atoms with Crippen molar-refractivity contribution in [3.8, 4) is 0 Å². The van der Waals surface area contributed by atoms with Gasteiger partial charge in [-0.3, -0.25) is 4.21 Å². The van der Waals surface area contributed by atoms with Gasteiger partial charge in [0.05, 0.1) is 22.2 Å². The van der Waals surface area contributed by atoms with E-state index in [1.54, 1.807) is 5.51 Å². The zero-order valence-corrected chi connectivity index (χ0v) is 14.9. The molecule has 0 bridgehead atoms. The number of hydrogen-bond acceptors (Lipinski definition) is 3. The lowest BCUT2D eigenvalue weighted by atomic mass is 10.0. The summed E-state index contributed by atoms with van der Waals surface area (Å²) in [5, 5.41) is 1.82. The molecule has 112 valence electrons. The Bertz CT molecular complexity index is 742. The summed E-state index contributed by atoms with van der Waals surface area (Å²) in [7, 11) is -1.07. The summed E-state index contributed by atoms with van der Waals surface area (Å²) >= 11 is 4.99. The van der Waals surface area contributed by atoms with Crippen molar-refractivity contribution >= 4 is 38.1 Å². The maximum atomic E-state index is 13.0. The molecule has 2 nitrogen and oxygen atoms in total. The monoisotopic (exact) mass is 391 g/mol. The smallest absolute Gasteiger partial charge is 0.0850 e. The van der Waals surface area contributed by atoms with Gasteiger partial charge in [-0.15, -0.1) is 11.3 Å². The zero-order valence-electron chi connectivity index (χ0n) is 11.7. The highest BCUT2D eigenvalue weighted by molar-refractivity contribution is 9.10. The summed E-state index contributed by atoms with van der Waals surface area (Å²) in [5.41, 5.74) is 4.80. The molecule has 1 heterocycles. The van der Waals surface area contributed by atoms with Crippen molar-refractivity contribution in [2.45, 2.75) is 11.0 Å². The van der Waals surface area contributed by atoms with Crippen molar-refractivity contribution in [2.75, 3.05) is 0 Å². The number of hydrogen-bond donors (Lipinski definition) is 0. The lowest BCUT2D eigenvalue weighted by Gasteiger charge is -2.17. The molecule has 0 aliphatic heterocycles. The van der Waals surface area contributed by atoms with E-state index in [4.69, 9.17) is 0 Å². The van der Waals surface area contributed by atoms with Gasteiger partial charge in [0, 0.05) is 20.7 Å². The van der Waals surface area contributed by atoms with E-state index < -0.39 is 10.8 Å². The molecule has 0 N–H and O–H groups in total. The predicted octanol–water partition coefficient (Wildman–Crippen LogP) is 4.94. The van der Waals surface area contributed by atoms with Gasteiger partial charge in [0.2, 0.25) is 0 Å². The van der Waals surface area contributed by atoms with Gasteiger partial charge >= 0.3 is 0 Å². The van der Waals surface area contributed by atoms with Gasteiger partial charge in [0.1, 0.15) is 0 Å². The standard InChI is InChI=1S/C17H14BrNOS2/c18-15-8-6-14(7-9-15)17(13-4-2-1-3-5-13)22(20)11-16-10-21-12-19-16/h1-10,12,17H,11H2/t17-,22-/m1/s1. The number of nitrogens with zero attached hydrogens (tertiary/aromatic N) is 1. The Balaban J connectivity index is 1.95. The number of rotatable bonds is 5. The van der Waals surface area contributed by atoms with Gasteiger partial charge in [-0.1, -0.05) is 58.4 Å². The van der Waals surface area contributed by atoms with Gasteiger partial charge in [0.25, 0.3) is 0 Å². The molecule has 0 amide bonds. The Morgan fingerprint density at radius 2 is 1.73 bits per heavy atom. The first-order valence-corrected chi connectivity index (χ1v) is 9.90. The third-order valence-electron chi connectivity index (χ3n) is 3.31. The Morgan fingerprint density at radius 1 is 1.05 bits per heavy atom. The summed E-state index contributed by atoms with van der Waals surface area (Å²) in [6.45, 7) is 0. The average Bonchev–Trinajstić information content (AvgIpc) is 3.03. The lowest BCUT2D eigenvalue weighted by Crippen LogP contribution is -2.10. The van der Waals surface area contributed by atoms with Crippen LogP contribution in [0.2, 0.25) is 0 Å². The molecule has 3 aromatic rings. The Hall–Kier alpha value is -1.30. The fraction of sp³-hybridized carbons (Fsp3) is 0.118. The van der Waals surface area contributed by atoms with Gasteiger partial charge in [-0.25, -0.2) is 4.98 Å². The van der Waals surface area contributed by atoms with E-state index in [0.717, 1.165) is 21.3 Å². The highest BCUT2D eigenvalue weighted by atomic mass is 79.9. The Kier molecular flexibility index (Phi) is 5.18. The second-order valence-electron chi connectivity index (χ2n) is 4.85. The molecule has 0 aliphatic rings. The van der Waals surface area contributed by atoms with Crippen molar-refractivity contribution in [3.05, 3.63) is 86.8 Å². The van der Waals surface area contributed by atoms with E-state index in [2.05, 4.69) is 20.9 Å². The highest BCUT2D eigenvalue weighted by Crippen LogP contribution is 2.30. The van der Waals surface area contributed by atoms with Crippen molar-refractivity contribution < 1.29 is 4.21 Å². The molecule has 0 unspecified atom stereocenters. The highest BCUT2D eigenvalue weighted by Gasteiger charge is 2.21. The van der Waals surface area contributed by atoms with Crippen LogP contribution >= 0.6 is 27.3 Å². The minimum absolute atomic E-state index is 0.143. The van der Waals surface area contributed by atoms with Gasteiger partial charge < -0.3 is 0 Å². The van der Waals surface area contributed by atoms with Crippen LogP contribution in [0.15, 0.2) is 70.0 Å². The summed E-state index contributed by atoms with van der Waals surface area (Å²) in [5.74, 6) is 0.471. The maximum absolute atomic E-state index is 13.0. The Morgan fingerprint density at radius 3 is 2.36 bits per heavy atom. The molecule has 0 fully saturated rings. The molecule has 2 atom stereocenters. The molecule has 0 saturated heterocycles. The largest absolute Gasteiger partial charge is 0.258 e. The van der Waals surface area contributed by atoms with Crippen molar-refractivity contribution in [1.29, 1.82) is 0 Å². The molecule has 22 heavy (non-hydrogen) atoms. The average molecular weight is 392 g/mol. The van der Waals surface area contributed by atoms with Crippen LogP contribution in [0.4, 0.5) is 0 Å². The second-order valence-corrected chi connectivity index (χ2v) is 8.00. The van der Waals surface area contributed by atoms with Crippen molar-refractivity contribution in [3.63, 3.8) is 0 Å². The molecular formula is C17H14BrNOS2. The molecule has 3 rings (SSSR count). The normalized spacial score (nSPS) is 13.7. The molecule has 0 radical (unpaired) electrons. The minimum atomic E-state index is -1.07. The van der Waals surface area contributed by atoms with E-state index in [0.29, 0.717) is 5.75 Å². The van der Waals surface area contributed by atoms with Gasteiger partial charge in [-0.2, -0.15) is 0 Å². The third-order valence-corrected chi connectivity index (χ3v) is 6.13. The van der Waals surface area contributed by atoms with E-state index in [9.17, 15) is 4.21 Å².